The molecular formula is C47H35N5. The highest BCUT2D eigenvalue weighted by molar-refractivity contribution is 6.01. The number of rotatable bonds is 7. The van der Waals surface area contributed by atoms with Gasteiger partial charge in [0.25, 0.3) is 0 Å². The van der Waals surface area contributed by atoms with E-state index in [1.807, 2.05) is 48.8 Å². The van der Waals surface area contributed by atoms with Crippen LogP contribution >= 0.6 is 0 Å². The summed E-state index contributed by atoms with van der Waals surface area (Å²) in [6, 6.07) is 51.3. The monoisotopic (exact) mass is 669 g/mol. The van der Waals surface area contributed by atoms with E-state index in [2.05, 4.69) is 131 Å². The average Bonchev–Trinajstić information content (AvgIpc) is 3.24. The summed E-state index contributed by atoms with van der Waals surface area (Å²) in [6.07, 6.45) is 10.9. The van der Waals surface area contributed by atoms with E-state index in [0.29, 0.717) is 0 Å². The quantitative estimate of drug-likeness (QED) is 0.183. The summed E-state index contributed by atoms with van der Waals surface area (Å²) in [6.45, 7) is 0.773. The Morgan fingerprint density at radius 2 is 0.942 bits per heavy atom. The third-order valence-electron chi connectivity index (χ3n) is 9.89. The van der Waals surface area contributed by atoms with Gasteiger partial charge in [0.15, 0.2) is 0 Å². The SMILES string of the molecule is C1=C(c2cc3cc(-c4ccccc4)c(-c4ccc(-c5ccccn5)nc4)cc3cc2-c2ccc(-c3ccccn3)nc2)CNC(c2ccccc2)C1. The first-order valence-electron chi connectivity index (χ1n) is 17.7. The summed E-state index contributed by atoms with van der Waals surface area (Å²) in [4.78, 5) is 18.8. The second kappa shape index (κ2) is 14.0. The van der Waals surface area contributed by atoms with Gasteiger partial charge in [0.2, 0.25) is 0 Å². The molecule has 9 rings (SSSR count). The molecule has 0 saturated heterocycles. The lowest BCUT2D eigenvalue weighted by molar-refractivity contribution is 0.562. The van der Waals surface area contributed by atoms with Crippen LogP contribution in [0, 0.1) is 0 Å². The Morgan fingerprint density at radius 1 is 0.442 bits per heavy atom. The fourth-order valence-corrected chi connectivity index (χ4v) is 7.18. The Morgan fingerprint density at radius 3 is 1.44 bits per heavy atom. The maximum absolute atomic E-state index is 4.88. The van der Waals surface area contributed by atoms with E-state index in [1.54, 1.807) is 12.4 Å². The summed E-state index contributed by atoms with van der Waals surface area (Å²) < 4.78 is 0. The van der Waals surface area contributed by atoms with Crippen LogP contribution in [0.15, 0.2) is 176 Å². The number of benzene rings is 4. The Labute approximate surface area is 303 Å². The molecule has 0 saturated carbocycles. The lowest BCUT2D eigenvalue weighted by Gasteiger charge is -2.26. The largest absolute Gasteiger partial charge is 0.306 e. The molecular weight excluding hydrogens is 635 g/mol. The summed E-state index contributed by atoms with van der Waals surface area (Å²) in [5.41, 5.74) is 14.0. The molecule has 1 unspecified atom stereocenters. The number of hydrogen-bond donors (Lipinski definition) is 1. The molecule has 5 heterocycles. The molecule has 1 N–H and O–H groups in total. The van der Waals surface area contributed by atoms with Crippen molar-refractivity contribution in [3.8, 4) is 56.2 Å². The van der Waals surface area contributed by atoms with Crippen molar-refractivity contribution in [3.63, 3.8) is 0 Å². The molecule has 0 radical (unpaired) electrons. The molecule has 1 atom stereocenters. The predicted molar refractivity (Wildman–Crippen MR) is 212 cm³/mol. The van der Waals surface area contributed by atoms with Crippen molar-refractivity contribution in [3.05, 3.63) is 188 Å². The van der Waals surface area contributed by atoms with Crippen molar-refractivity contribution in [2.75, 3.05) is 6.54 Å². The Kier molecular flexibility index (Phi) is 8.45. The standard InChI is InChI=1S/C47H35N5/c1-3-11-32(12-4-1)39-25-37-27-41(34-17-20-43(50-29-34)33-13-5-2-6-14-33)42(36-19-22-47(52-31-36)45-16-8-10-24-49-45)28-38(37)26-40(39)35-18-21-46(51-30-35)44-15-7-9-23-48-44/h1-19,21-28,30-31,43,50H,20,29H2. The number of hydrogen-bond acceptors (Lipinski definition) is 5. The van der Waals surface area contributed by atoms with Crippen LogP contribution in [-0.2, 0) is 0 Å². The van der Waals surface area contributed by atoms with Crippen LogP contribution in [0.1, 0.15) is 23.6 Å². The van der Waals surface area contributed by atoms with Gasteiger partial charge in [-0.1, -0.05) is 91.0 Å². The van der Waals surface area contributed by atoms with Crippen molar-refractivity contribution in [1.29, 1.82) is 0 Å². The first-order chi connectivity index (χ1) is 25.8. The zero-order valence-corrected chi connectivity index (χ0v) is 28.5. The third-order valence-corrected chi connectivity index (χ3v) is 9.89. The zero-order chi connectivity index (χ0) is 34.7. The van der Waals surface area contributed by atoms with Crippen LogP contribution < -0.4 is 5.32 Å². The molecule has 0 spiro atoms. The highest BCUT2D eigenvalue weighted by atomic mass is 14.9. The average molecular weight is 670 g/mol. The minimum Gasteiger partial charge on any atom is -0.306 e. The van der Waals surface area contributed by atoms with Gasteiger partial charge in [0.05, 0.1) is 22.8 Å². The summed E-state index contributed by atoms with van der Waals surface area (Å²) in [5, 5.41) is 6.16. The van der Waals surface area contributed by atoms with Crippen LogP contribution in [0.2, 0.25) is 0 Å². The van der Waals surface area contributed by atoms with E-state index in [4.69, 9.17) is 9.97 Å². The highest BCUT2D eigenvalue weighted by Gasteiger charge is 2.20. The number of nitrogens with zero attached hydrogens (tertiary/aromatic N) is 4. The minimum atomic E-state index is 0.290. The topological polar surface area (TPSA) is 63.6 Å². The molecule has 0 aliphatic carbocycles. The highest BCUT2D eigenvalue weighted by Crippen LogP contribution is 2.41. The van der Waals surface area contributed by atoms with Crippen LogP contribution in [0.4, 0.5) is 0 Å². The van der Waals surface area contributed by atoms with E-state index in [9.17, 15) is 0 Å². The molecule has 1 aliphatic rings. The van der Waals surface area contributed by atoms with Gasteiger partial charge in [-0.2, -0.15) is 0 Å². The van der Waals surface area contributed by atoms with Crippen LogP contribution in [-0.4, -0.2) is 26.5 Å². The Hall–Kier alpha value is -6.56. The number of aromatic nitrogens is 4. The van der Waals surface area contributed by atoms with E-state index >= 15 is 0 Å². The fraction of sp³-hybridized carbons (Fsp3) is 0.0638. The van der Waals surface area contributed by atoms with Gasteiger partial charge in [0, 0.05) is 48.5 Å². The lowest BCUT2D eigenvalue weighted by atomic mass is 9.86. The molecule has 1 aliphatic heterocycles. The van der Waals surface area contributed by atoms with Gasteiger partial charge < -0.3 is 5.32 Å². The summed E-state index contributed by atoms with van der Waals surface area (Å²) in [7, 11) is 0. The maximum atomic E-state index is 4.88. The van der Waals surface area contributed by atoms with Gasteiger partial charge in [-0.25, -0.2) is 0 Å². The van der Waals surface area contributed by atoms with Gasteiger partial charge in [-0.15, -0.1) is 0 Å². The molecule has 0 bridgehead atoms. The van der Waals surface area contributed by atoms with Gasteiger partial charge in [0.1, 0.15) is 0 Å². The number of nitrogens with one attached hydrogen (secondary N) is 1. The fourth-order valence-electron chi connectivity index (χ4n) is 7.18. The van der Waals surface area contributed by atoms with Crippen molar-refractivity contribution in [2.24, 2.45) is 0 Å². The number of fused-ring (bicyclic) bond motifs is 1. The van der Waals surface area contributed by atoms with E-state index in [1.165, 1.54) is 27.6 Å². The molecule has 0 amide bonds. The van der Waals surface area contributed by atoms with E-state index in [0.717, 1.165) is 68.9 Å². The van der Waals surface area contributed by atoms with Crippen molar-refractivity contribution in [2.45, 2.75) is 12.5 Å². The van der Waals surface area contributed by atoms with Crippen molar-refractivity contribution < 1.29 is 0 Å². The normalized spacial score (nSPS) is 14.2. The van der Waals surface area contributed by atoms with Gasteiger partial charge in [-0.3, -0.25) is 19.9 Å². The molecule has 248 valence electrons. The summed E-state index contributed by atoms with van der Waals surface area (Å²) in [5.74, 6) is 0. The maximum Gasteiger partial charge on any atom is 0.0886 e. The lowest BCUT2D eigenvalue weighted by Crippen LogP contribution is -2.26. The number of pyridine rings is 4. The van der Waals surface area contributed by atoms with Crippen molar-refractivity contribution >= 4 is 16.3 Å². The second-order valence-electron chi connectivity index (χ2n) is 13.1. The smallest absolute Gasteiger partial charge is 0.0886 e. The minimum absolute atomic E-state index is 0.290. The van der Waals surface area contributed by atoms with Crippen molar-refractivity contribution in [1.82, 2.24) is 25.3 Å². The van der Waals surface area contributed by atoms with Crippen LogP contribution in [0.3, 0.4) is 0 Å². The Balaban J connectivity index is 1.19. The molecule has 4 aromatic heterocycles. The molecule has 52 heavy (non-hydrogen) atoms. The van der Waals surface area contributed by atoms with Crippen LogP contribution in [0.5, 0.6) is 0 Å². The molecule has 8 aromatic rings. The molecule has 5 heteroatoms. The van der Waals surface area contributed by atoms with Gasteiger partial charge in [-0.05, 0) is 117 Å². The van der Waals surface area contributed by atoms with E-state index in [-0.39, 0.29) is 6.04 Å². The zero-order valence-electron chi connectivity index (χ0n) is 28.5. The first-order valence-corrected chi connectivity index (χ1v) is 17.7. The first kappa shape index (κ1) is 31.4. The van der Waals surface area contributed by atoms with E-state index < -0.39 is 0 Å². The van der Waals surface area contributed by atoms with Gasteiger partial charge >= 0.3 is 0 Å². The molecule has 0 fully saturated rings. The Bertz CT molecular complexity index is 2500. The second-order valence-corrected chi connectivity index (χ2v) is 13.1. The molecule has 5 nitrogen and oxygen atoms in total. The predicted octanol–water partition coefficient (Wildman–Crippen LogP) is 10.9. The van der Waals surface area contributed by atoms with Crippen LogP contribution in [0.25, 0.3) is 72.5 Å². The molecule has 4 aromatic carbocycles. The summed E-state index contributed by atoms with van der Waals surface area (Å²) >= 11 is 0. The third kappa shape index (κ3) is 6.30.